The highest BCUT2D eigenvalue weighted by Crippen LogP contribution is 2.36. The SMILES string of the molecule is Cc1cc(OCc2sc(-c3ccc(C(F)(F)F)cc3)nc2-c2ccccc2)ccc1OCC(=O)O. The summed E-state index contributed by atoms with van der Waals surface area (Å²) in [5.41, 5.74) is 2.16. The van der Waals surface area contributed by atoms with E-state index in [1.807, 2.05) is 30.3 Å². The van der Waals surface area contributed by atoms with Gasteiger partial charge in [0, 0.05) is 11.1 Å². The number of aliphatic carboxylic acids is 1. The van der Waals surface area contributed by atoms with E-state index in [2.05, 4.69) is 0 Å². The highest BCUT2D eigenvalue weighted by Gasteiger charge is 2.30. The monoisotopic (exact) mass is 499 g/mol. The Bertz CT molecular complexity index is 1320. The number of halogens is 3. The normalized spacial score (nSPS) is 11.3. The molecule has 0 aliphatic carbocycles. The van der Waals surface area contributed by atoms with Crippen molar-refractivity contribution in [1.29, 1.82) is 0 Å². The molecule has 180 valence electrons. The van der Waals surface area contributed by atoms with Crippen molar-refractivity contribution in [3.63, 3.8) is 0 Å². The Kier molecular flexibility index (Phi) is 7.07. The average molecular weight is 500 g/mol. The van der Waals surface area contributed by atoms with Gasteiger partial charge < -0.3 is 14.6 Å². The van der Waals surface area contributed by atoms with Crippen molar-refractivity contribution in [1.82, 2.24) is 4.98 Å². The minimum absolute atomic E-state index is 0.192. The maximum atomic E-state index is 12.9. The lowest BCUT2D eigenvalue weighted by molar-refractivity contribution is -0.139. The fraction of sp³-hybridized carbons (Fsp3) is 0.154. The fourth-order valence-corrected chi connectivity index (χ4v) is 4.36. The summed E-state index contributed by atoms with van der Waals surface area (Å²) in [4.78, 5) is 16.2. The number of aromatic nitrogens is 1. The zero-order chi connectivity index (χ0) is 25.0. The molecule has 0 atom stereocenters. The Balaban J connectivity index is 1.59. The molecular weight excluding hydrogens is 479 g/mol. The number of nitrogens with zero attached hydrogens (tertiary/aromatic N) is 1. The van der Waals surface area contributed by atoms with Gasteiger partial charge >= 0.3 is 12.1 Å². The second-order valence-electron chi connectivity index (χ2n) is 7.63. The molecule has 0 bridgehead atoms. The van der Waals surface area contributed by atoms with Crippen molar-refractivity contribution >= 4 is 17.3 Å². The Hall–Kier alpha value is -3.85. The number of carboxylic acid groups (broad SMARTS) is 1. The van der Waals surface area contributed by atoms with E-state index in [9.17, 15) is 18.0 Å². The molecule has 3 aromatic carbocycles. The third-order valence-corrected chi connectivity index (χ3v) is 6.15. The van der Waals surface area contributed by atoms with Gasteiger partial charge in [0.15, 0.2) is 6.61 Å². The Morgan fingerprint density at radius 2 is 1.69 bits per heavy atom. The van der Waals surface area contributed by atoms with Crippen molar-refractivity contribution in [2.75, 3.05) is 6.61 Å². The number of thiazole rings is 1. The minimum Gasteiger partial charge on any atom is -0.488 e. The molecular formula is C26H20F3NO4S. The minimum atomic E-state index is -4.40. The summed E-state index contributed by atoms with van der Waals surface area (Å²) >= 11 is 1.35. The molecule has 4 rings (SSSR count). The highest BCUT2D eigenvalue weighted by molar-refractivity contribution is 7.15. The third kappa shape index (κ3) is 5.99. The topological polar surface area (TPSA) is 68.7 Å². The zero-order valence-electron chi connectivity index (χ0n) is 18.5. The predicted octanol–water partition coefficient (Wildman–Crippen LogP) is 6.85. The second-order valence-corrected chi connectivity index (χ2v) is 8.71. The number of alkyl halides is 3. The first-order chi connectivity index (χ1) is 16.7. The number of carboxylic acids is 1. The average Bonchev–Trinajstić information content (AvgIpc) is 3.26. The third-order valence-electron chi connectivity index (χ3n) is 5.07. The van der Waals surface area contributed by atoms with E-state index in [0.717, 1.165) is 28.1 Å². The summed E-state index contributed by atoms with van der Waals surface area (Å²) in [7, 11) is 0. The van der Waals surface area contributed by atoms with Crippen molar-refractivity contribution in [2.24, 2.45) is 0 Å². The Labute approximate surface area is 203 Å². The van der Waals surface area contributed by atoms with Crippen LogP contribution < -0.4 is 9.47 Å². The summed E-state index contributed by atoms with van der Waals surface area (Å²) < 4.78 is 50.0. The number of aryl methyl sites for hydroxylation is 1. The number of hydrogen-bond acceptors (Lipinski definition) is 5. The first-order valence-electron chi connectivity index (χ1n) is 10.5. The second kappa shape index (κ2) is 10.2. The van der Waals surface area contributed by atoms with Gasteiger partial charge in [0.2, 0.25) is 0 Å². The molecule has 35 heavy (non-hydrogen) atoms. The molecule has 0 saturated heterocycles. The van der Waals surface area contributed by atoms with E-state index in [0.29, 0.717) is 27.8 Å². The van der Waals surface area contributed by atoms with Crippen LogP contribution in [0.2, 0.25) is 0 Å². The molecule has 1 aromatic heterocycles. The summed E-state index contributed by atoms with van der Waals surface area (Å²) in [6.07, 6.45) is -4.40. The van der Waals surface area contributed by atoms with Gasteiger partial charge in [-0.1, -0.05) is 42.5 Å². The largest absolute Gasteiger partial charge is 0.488 e. The maximum absolute atomic E-state index is 12.9. The summed E-state index contributed by atoms with van der Waals surface area (Å²) in [5, 5.41) is 9.37. The summed E-state index contributed by atoms with van der Waals surface area (Å²) in [6.45, 7) is 1.54. The van der Waals surface area contributed by atoms with Crippen LogP contribution in [0.25, 0.3) is 21.8 Å². The fourth-order valence-electron chi connectivity index (χ4n) is 3.36. The highest BCUT2D eigenvalue weighted by atomic mass is 32.1. The van der Waals surface area contributed by atoms with Crippen molar-refractivity contribution < 1.29 is 32.5 Å². The van der Waals surface area contributed by atoms with Crippen LogP contribution >= 0.6 is 11.3 Å². The predicted molar refractivity (Wildman–Crippen MR) is 127 cm³/mol. The van der Waals surface area contributed by atoms with E-state index in [1.54, 1.807) is 25.1 Å². The Morgan fingerprint density at radius 3 is 2.31 bits per heavy atom. The summed E-state index contributed by atoms with van der Waals surface area (Å²) in [5.74, 6) is -0.0482. The number of hydrogen-bond donors (Lipinski definition) is 1. The Morgan fingerprint density at radius 1 is 0.971 bits per heavy atom. The molecule has 0 radical (unpaired) electrons. The van der Waals surface area contributed by atoms with E-state index >= 15 is 0 Å². The van der Waals surface area contributed by atoms with Crippen molar-refractivity contribution in [3.8, 4) is 33.3 Å². The zero-order valence-corrected chi connectivity index (χ0v) is 19.3. The lowest BCUT2D eigenvalue weighted by Gasteiger charge is -2.10. The van der Waals surface area contributed by atoms with Crippen LogP contribution in [0.3, 0.4) is 0 Å². The van der Waals surface area contributed by atoms with Gasteiger partial charge in [0.05, 0.1) is 16.1 Å². The molecule has 1 N–H and O–H groups in total. The van der Waals surface area contributed by atoms with Crippen LogP contribution in [0.1, 0.15) is 16.0 Å². The van der Waals surface area contributed by atoms with Gasteiger partial charge in [-0.3, -0.25) is 0 Å². The van der Waals surface area contributed by atoms with Crippen LogP contribution in [0.5, 0.6) is 11.5 Å². The van der Waals surface area contributed by atoms with Crippen molar-refractivity contribution in [3.05, 3.63) is 88.8 Å². The van der Waals surface area contributed by atoms with Crippen LogP contribution in [0.15, 0.2) is 72.8 Å². The smallest absolute Gasteiger partial charge is 0.416 e. The van der Waals surface area contributed by atoms with Crippen molar-refractivity contribution in [2.45, 2.75) is 19.7 Å². The number of rotatable bonds is 8. The van der Waals surface area contributed by atoms with Crippen LogP contribution in [-0.4, -0.2) is 22.7 Å². The first-order valence-corrected chi connectivity index (χ1v) is 11.3. The van der Waals surface area contributed by atoms with Crippen LogP contribution in [0, 0.1) is 6.92 Å². The van der Waals surface area contributed by atoms with Crippen LogP contribution in [0.4, 0.5) is 13.2 Å². The van der Waals surface area contributed by atoms with Gasteiger partial charge in [-0.15, -0.1) is 11.3 Å². The molecule has 0 spiro atoms. The molecule has 5 nitrogen and oxygen atoms in total. The lowest BCUT2D eigenvalue weighted by Crippen LogP contribution is -2.10. The van der Waals surface area contributed by atoms with Gasteiger partial charge in [0.1, 0.15) is 23.1 Å². The number of ether oxygens (including phenoxy) is 2. The van der Waals surface area contributed by atoms with Gasteiger partial charge in [-0.2, -0.15) is 13.2 Å². The molecule has 0 amide bonds. The molecule has 0 aliphatic rings. The number of carbonyl (C=O) groups is 1. The quantitative estimate of drug-likeness (QED) is 0.287. The molecule has 0 aliphatic heterocycles. The van der Waals surface area contributed by atoms with Gasteiger partial charge in [-0.25, -0.2) is 9.78 Å². The number of benzene rings is 3. The molecule has 9 heteroatoms. The summed E-state index contributed by atoms with van der Waals surface area (Å²) in [6, 6.07) is 19.5. The van der Waals surface area contributed by atoms with Crippen LogP contribution in [-0.2, 0) is 17.6 Å². The van der Waals surface area contributed by atoms with Gasteiger partial charge in [-0.05, 0) is 42.8 Å². The molecule has 1 heterocycles. The van der Waals surface area contributed by atoms with Gasteiger partial charge in [0.25, 0.3) is 0 Å². The first kappa shape index (κ1) is 24.3. The van der Waals surface area contributed by atoms with E-state index < -0.39 is 24.3 Å². The lowest BCUT2D eigenvalue weighted by atomic mass is 10.1. The molecule has 0 saturated carbocycles. The van der Waals surface area contributed by atoms with E-state index in [4.69, 9.17) is 19.6 Å². The maximum Gasteiger partial charge on any atom is 0.416 e. The molecule has 4 aromatic rings. The standard InChI is InChI=1S/C26H20F3NO4S/c1-16-13-20(11-12-21(16)34-15-23(31)32)33-14-22-24(17-5-3-2-4-6-17)30-25(35-22)18-7-9-19(10-8-18)26(27,28)29/h2-13H,14-15H2,1H3,(H,31,32). The van der Waals surface area contributed by atoms with E-state index in [1.165, 1.54) is 23.5 Å². The molecule has 0 fully saturated rings. The molecule has 0 unspecified atom stereocenters. The van der Waals surface area contributed by atoms with E-state index in [-0.39, 0.29) is 6.61 Å².